The fraction of sp³-hybridized carbons (Fsp3) is 0.385. The van der Waals surface area contributed by atoms with E-state index in [1.165, 1.54) is 17.8 Å². The predicted octanol–water partition coefficient (Wildman–Crippen LogP) is 4.43. The lowest BCUT2D eigenvalue weighted by Crippen LogP contribution is -2.43. The molecule has 1 aliphatic rings. The van der Waals surface area contributed by atoms with Crippen LogP contribution in [0.15, 0.2) is 48.5 Å². The molecule has 0 radical (unpaired) electrons. The van der Waals surface area contributed by atoms with Gasteiger partial charge in [-0.2, -0.15) is 0 Å². The Labute approximate surface area is 203 Å². The summed E-state index contributed by atoms with van der Waals surface area (Å²) in [6.45, 7) is 1.97. The zero-order chi connectivity index (χ0) is 23.9. The van der Waals surface area contributed by atoms with E-state index in [9.17, 15) is 14.7 Å². The second kappa shape index (κ2) is 11.6. The van der Waals surface area contributed by atoms with Gasteiger partial charge in [0.1, 0.15) is 6.04 Å². The monoisotopic (exact) mass is 481 g/mol. The third-order valence-corrected chi connectivity index (χ3v) is 7.60. The summed E-state index contributed by atoms with van der Waals surface area (Å²) < 4.78 is 1.00. The van der Waals surface area contributed by atoms with Crippen LogP contribution in [-0.4, -0.2) is 28.2 Å². The van der Waals surface area contributed by atoms with Gasteiger partial charge >= 0.3 is 5.97 Å². The molecule has 0 spiro atoms. The second-order valence-corrected chi connectivity index (χ2v) is 10.0. The number of thiophene rings is 1. The lowest BCUT2D eigenvalue weighted by Gasteiger charge is -2.28. The molecule has 2 aromatic carbocycles. The number of benzene rings is 2. The minimum atomic E-state index is -0.749. The van der Waals surface area contributed by atoms with E-state index in [0.29, 0.717) is 24.5 Å². The van der Waals surface area contributed by atoms with Gasteiger partial charge in [-0.25, -0.2) is 5.48 Å². The van der Waals surface area contributed by atoms with Crippen molar-refractivity contribution in [3.63, 3.8) is 0 Å². The Morgan fingerprint density at radius 2 is 1.56 bits per heavy atom. The standard InChI is InChI=1S/C26H31N3O4S/c30-25(29-33)23-13-21-11-10-19(12-22(21)34-23)15-27-14-17-6-8-18(9-7-17)16-28-24(26(31)32)20-4-2-1-3-5-20/h6-13,20,24,27-28,33H,1-5,14-16H2,(H,29,30)(H,31,32)/t24-/m0/s1. The van der Waals surface area contributed by atoms with Crippen LogP contribution in [0.3, 0.4) is 0 Å². The van der Waals surface area contributed by atoms with E-state index in [1.807, 2.05) is 12.1 Å². The summed E-state index contributed by atoms with van der Waals surface area (Å²) in [6, 6.07) is 15.6. The maximum atomic E-state index is 11.7. The molecule has 3 aromatic rings. The molecule has 1 aromatic heterocycles. The molecule has 5 N–H and O–H groups in total. The van der Waals surface area contributed by atoms with Crippen molar-refractivity contribution in [3.05, 3.63) is 70.1 Å². The van der Waals surface area contributed by atoms with Crippen molar-refractivity contribution in [3.8, 4) is 0 Å². The molecule has 1 fully saturated rings. The van der Waals surface area contributed by atoms with Crippen LogP contribution in [-0.2, 0) is 24.4 Å². The molecule has 1 saturated carbocycles. The highest BCUT2D eigenvalue weighted by molar-refractivity contribution is 7.20. The van der Waals surface area contributed by atoms with Gasteiger partial charge in [-0.05, 0) is 53.0 Å². The van der Waals surface area contributed by atoms with Crippen LogP contribution < -0.4 is 16.1 Å². The van der Waals surface area contributed by atoms with Gasteiger partial charge in [0.15, 0.2) is 0 Å². The van der Waals surface area contributed by atoms with Gasteiger partial charge in [-0.1, -0.05) is 55.7 Å². The van der Waals surface area contributed by atoms with Crippen molar-refractivity contribution in [2.24, 2.45) is 5.92 Å². The molecule has 0 aliphatic heterocycles. The molecule has 7 nitrogen and oxygen atoms in total. The topological polar surface area (TPSA) is 111 Å². The highest BCUT2D eigenvalue weighted by Crippen LogP contribution is 2.28. The molecule has 180 valence electrons. The number of carboxylic acids is 1. The molecule has 0 unspecified atom stereocenters. The Morgan fingerprint density at radius 3 is 2.24 bits per heavy atom. The quantitative estimate of drug-likeness (QED) is 0.216. The molecule has 1 heterocycles. The van der Waals surface area contributed by atoms with Crippen molar-refractivity contribution in [1.29, 1.82) is 0 Å². The van der Waals surface area contributed by atoms with Gasteiger partial charge in [0.05, 0.1) is 4.88 Å². The fourth-order valence-corrected chi connectivity index (χ4v) is 5.65. The predicted molar refractivity (Wildman–Crippen MR) is 133 cm³/mol. The number of rotatable bonds is 10. The Balaban J connectivity index is 1.26. The molecular formula is C26H31N3O4S. The van der Waals surface area contributed by atoms with E-state index in [-0.39, 0.29) is 5.92 Å². The van der Waals surface area contributed by atoms with E-state index in [2.05, 4.69) is 41.0 Å². The summed E-state index contributed by atoms with van der Waals surface area (Å²) in [5.74, 6) is -1.02. The van der Waals surface area contributed by atoms with Crippen LogP contribution in [0.5, 0.6) is 0 Å². The number of aliphatic carboxylic acids is 1. The Morgan fingerprint density at radius 1 is 0.912 bits per heavy atom. The third kappa shape index (κ3) is 6.21. The molecule has 0 saturated heterocycles. The smallest absolute Gasteiger partial charge is 0.320 e. The van der Waals surface area contributed by atoms with Gasteiger partial charge in [0, 0.05) is 24.3 Å². The summed E-state index contributed by atoms with van der Waals surface area (Å²) in [5.41, 5.74) is 5.03. The minimum absolute atomic E-state index is 0.224. The summed E-state index contributed by atoms with van der Waals surface area (Å²) in [6.07, 6.45) is 5.45. The summed E-state index contributed by atoms with van der Waals surface area (Å²) >= 11 is 1.35. The van der Waals surface area contributed by atoms with Crippen molar-refractivity contribution in [2.45, 2.75) is 57.8 Å². The van der Waals surface area contributed by atoms with Crippen molar-refractivity contribution < 1.29 is 19.9 Å². The van der Waals surface area contributed by atoms with Gasteiger partial charge < -0.3 is 15.7 Å². The number of hydrogen-bond donors (Lipinski definition) is 5. The van der Waals surface area contributed by atoms with E-state index >= 15 is 0 Å². The average molecular weight is 482 g/mol. The molecule has 1 amide bonds. The zero-order valence-electron chi connectivity index (χ0n) is 19.0. The van der Waals surface area contributed by atoms with E-state index < -0.39 is 17.9 Å². The molecule has 1 aliphatic carbocycles. The first-order valence-electron chi connectivity index (χ1n) is 11.7. The van der Waals surface area contributed by atoms with E-state index in [0.717, 1.165) is 52.5 Å². The van der Waals surface area contributed by atoms with Crippen molar-refractivity contribution in [2.75, 3.05) is 0 Å². The van der Waals surface area contributed by atoms with Crippen LogP contribution in [0.2, 0.25) is 0 Å². The Hall–Kier alpha value is -2.78. The normalized spacial score (nSPS) is 15.3. The van der Waals surface area contributed by atoms with Crippen molar-refractivity contribution >= 4 is 33.3 Å². The van der Waals surface area contributed by atoms with Crippen LogP contribution >= 0.6 is 11.3 Å². The number of carbonyl (C=O) groups excluding carboxylic acids is 1. The van der Waals surface area contributed by atoms with Crippen LogP contribution in [0.1, 0.15) is 58.5 Å². The SMILES string of the molecule is O=C(NO)c1cc2ccc(CNCc3ccc(CN[C@H](C(=O)O)C4CCCCC4)cc3)cc2s1. The van der Waals surface area contributed by atoms with Crippen LogP contribution in [0.25, 0.3) is 10.1 Å². The molecule has 34 heavy (non-hydrogen) atoms. The minimum Gasteiger partial charge on any atom is -0.480 e. The molecule has 4 rings (SSSR count). The summed E-state index contributed by atoms with van der Waals surface area (Å²) in [7, 11) is 0. The first kappa shape index (κ1) is 24.3. The third-order valence-electron chi connectivity index (χ3n) is 6.50. The fourth-order valence-electron chi connectivity index (χ4n) is 4.63. The number of nitrogens with one attached hydrogen (secondary N) is 3. The van der Waals surface area contributed by atoms with Gasteiger partial charge in [0.2, 0.25) is 0 Å². The Kier molecular flexibility index (Phi) is 8.29. The summed E-state index contributed by atoms with van der Waals surface area (Å²) in [4.78, 5) is 23.8. The van der Waals surface area contributed by atoms with Gasteiger partial charge in [-0.15, -0.1) is 11.3 Å². The van der Waals surface area contributed by atoms with Gasteiger partial charge in [0.25, 0.3) is 5.91 Å². The lowest BCUT2D eigenvalue weighted by molar-refractivity contribution is -0.141. The average Bonchev–Trinajstić information content (AvgIpc) is 3.28. The lowest BCUT2D eigenvalue weighted by atomic mass is 9.84. The van der Waals surface area contributed by atoms with E-state index in [4.69, 9.17) is 5.21 Å². The molecule has 1 atom stereocenters. The number of carbonyl (C=O) groups is 2. The second-order valence-electron chi connectivity index (χ2n) is 8.94. The number of hydrogen-bond acceptors (Lipinski definition) is 6. The highest BCUT2D eigenvalue weighted by atomic mass is 32.1. The number of carboxylic acid groups (broad SMARTS) is 1. The van der Waals surface area contributed by atoms with E-state index in [1.54, 1.807) is 11.5 Å². The zero-order valence-corrected chi connectivity index (χ0v) is 19.9. The number of hydroxylamine groups is 1. The maximum absolute atomic E-state index is 11.7. The molecular weight excluding hydrogens is 450 g/mol. The first-order chi connectivity index (χ1) is 16.5. The first-order valence-corrected chi connectivity index (χ1v) is 12.6. The highest BCUT2D eigenvalue weighted by Gasteiger charge is 2.28. The molecule has 8 heteroatoms. The number of fused-ring (bicyclic) bond motifs is 1. The summed E-state index contributed by atoms with van der Waals surface area (Å²) in [5, 5.41) is 26.1. The number of amides is 1. The van der Waals surface area contributed by atoms with Crippen molar-refractivity contribution in [1.82, 2.24) is 16.1 Å². The van der Waals surface area contributed by atoms with Crippen LogP contribution in [0, 0.1) is 5.92 Å². The maximum Gasteiger partial charge on any atom is 0.320 e. The molecule has 0 bridgehead atoms. The Bertz CT molecular complexity index is 1120. The largest absolute Gasteiger partial charge is 0.480 e. The van der Waals surface area contributed by atoms with Crippen LogP contribution in [0.4, 0.5) is 0 Å². The van der Waals surface area contributed by atoms with Gasteiger partial charge in [-0.3, -0.25) is 14.8 Å².